The van der Waals surface area contributed by atoms with E-state index in [1.807, 2.05) is 20.0 Å². The fourth-order valence-electron chi connectivity index (χ4n) is 2.48. The van der Waals surface area contributed by atoms with Crippen LogP contribution < -0.4 is 5.32 Å². The lowest BCUT2D eigenvalue weighted by molar-refractivity contribution is 0.290. The van der Waals surface area contributed by atoms with E-state index in [1.54, 1.807) is 7.11 Å². The first-order chi connectivity index (χ1) is 9.92. The van der Waals surface area contributed by atoms with Crippen LogP contribution in [-0.4, -0.2) is 7.11 Å². The third-order valence-electron chi connectivity index (χ3n) is 3.58. The molecule has 0 aromatic rings. The molecule has 21 heavy (non-hydrogen) atoms. The number of ether oxygens (including phenoxy) is 1. The van der Waals surface area contributed by atoms with Crippen LogP contribution in [0.4, 0.5) is 0 Å². The van der Waals surface area contributed by atoms with Crippen LogP contribution in [0.5, 0.6) is 0 Å². The van der Waals surface area contributed by atoms with Crippen LogP contribution >= 0.6 is 0 Å². The van der Waals surface area contributed by atoms with Gasteiger partial charge in [0.05, 0.1) is 7.11 Å². The summed E-state index contributed by atoms with van der Waals surface area (Å²) in [6.07, 6.45) is 9.52. The molecule has 1 aliphatic rings. The fraction of sp³-hybridized carbons (Fsp3) is 0.368. The van der Waals surface area contributed by atoms with Crippen LogP contribution in [0.3, 0.4) is 0 Å². The summed E-state index contributed by atoms with van der Waals surface area (Å²) >= 11 is 0. The molecule has 1 heterocycles. The third kappa shape index (κ3) is 4.25. The molecule has 114 valence electrons. The average molecular weight is 285 g/mol. The third-order valence-corrected chi connectivity index (χ3v) is 3.58. The first-order valence-electron chi connectivity index (χ1n) is 7.36. The van der Waals surface area contributed by atoms with Crippen LogP contribution in [0.2, 0.25) is 0 Å². The molecule has 0 aromatic carbocycles. The van der Waals surface area contributed by atoms with Gasteiger partial charge >= 0.3 is 0 Å². The van der Waals surface area contributed by atoms with Gasteiger partial charge in [0.15, 0.2) is 0 Å². The molecule has 2 heteroatoms. The molecule has 0 spiro atoms. The van der Waals surface area contributed by atoms with Crippen LogP contribution in [-0.2, 0) is 4.74 Å². The molecule has 0 unspecified atom stereocenters. The predicted octanol–water partition coefficient (Wildman–Crippen LogP) is 5.16. The number of hydrogen-bond donors (Lipinski definition) is 1. The predicted molar refractivity (Wildman–Crippen MR) is 91.6 cm³/mol. The first-order valence-corrected chi connectivity index (χ1v) is 7.36. The lowest BCUT2D eigenvalue weighted by atomic mass is 9.94. The molecule has 0 bridgehead atoms. The van der Waals surface area contributed by atoms with Gasteiger partial charge in [0.2, 0.25) is 0 Å². The van der Waals surface area contributed by atoms with Crippen molar-refractivity contribution in [1.82, 2.24) is 5.32 Å². The number of methoxy groups -OCH3 is 1. The second-order valence-electron chi connectivity index (χ2n) is 5.33. The van der Waals surface area contributed by atoms with Gasteiger partial charge < -0.3 is 10.1 Å². The lowest BCUT2D eigenvalue weighted by Gasteiger charge is -2.13. The van der Waals surface area contributed by atoms with Gasteiger partial charge in [-0.15, -0.1) is 0 Å². The summed E-state index contributed by atoms with van der Waals surface area (Å²) in [7, 11) is 1.70. The maximum Gasteiger partial charge on any atom is 0.100 e. The summed E-state index contributed by atoms with van der Waals surface area (Å²) in [4.78, 5) is 0. The first kappa shape index (κ1) is 17.1. The van der Waals surface area contributed by atoms with Crippen molar-refractivity contribution in [3.8, 4) is 0 Å². The van der Waals surface area contributed by atoms with Crippen LogP contribution in [0.1, 0.15) is 41.0 Å². The van der Waals surface area contributed by atoms with Gasteiger partial charge in [-0.05, 0) is 68.6 Å². The van der Waals surface area contributed by atoms with Gasteiger partial charge in [-0.25, -0.2) is 0 Å². The van der Waals surface area contributed by atoms with E-state index in [4.69, 9.17) is 4.74 Å². The maximum atomic E-state index is 5.43. The molecule has 1 N–H and O–H groups in total. The van der Waals surface area contributed by atoms with Crippen molar-refractivity contribution < 1.29 is 4.74 Å². The Morgan fingerprint density at radius 1 is 1.33 bits per heavy atom. The largest absolute Gasteiger partial charge is 0.501 e. The Balaban J connectivity index is 3.45. The highest BCUT2D eigenvalue weighted by Crippen LogP contribution is 2.28. The molecule has 0 saturated carbocycles. The van der Waals surface area contributed by atoms with Crippen molar-refractivity contribution in [2.24, 2.45) is 0 Å². The molecule has 0 radical (unpaired) electrons. The SMILES string of the molecule is C=C(C)/C(C1=CC(/C(C)=C\CC)=C(C)NC=C1)=C(/C)OC. The zero-order chi connectivity index (χ0) is 16.0. The van der Waals surface area contributed by atoms with Crippen molar-refractivity contribution in [3.05, 3.63) is 70.3 Å². The standard InChI is InChI=1S/C19H27NO/c1-8-9-14(4)18-12-17(10-11-20-15(18)5)19(13(2)3)16(6)21-7/h9-12,20H,2,8H2,1,3-7H3/b14-9-,19-16+. The minimum Gasteiger partial charge on any atom is -0.501 e. The van der Waals surface area contributed by atoms with Gasteiger partial charge in [0.25, 0.3) is 0 Å². The Kier molecular flexibility index (Phi) is 6.29. The minimum absolute atomic E-state index is 0.884. The number of allylic oxidation sites excluding steroid dienone is 10. The molecular formula is C19H27NO. The van der Waals surface area contributed by atoms with E-state index in [0.29, 0.717) is 0 Å². The van der Waals surface area contributed by atoms with Gasteiger partial charge in [-0.2, -0.15) is 0 Å². The van der Waals surface area contributed by atoms with E-state index in [-0.39, 0.29) is 0 Å². The van der Waals surface area contributed by atoms with E-state index in [9.17, 15) is 0 Å². The second kappa shape index (κ2) is 7.72. The number of rotatable bonds is 5. The molecule has 0 amide bonds. The topological polar surface area (TPSA) is 21.3 Å². The van der Waals surface area contributed by atoms with Gasteiger partial charge in [-0.1, -0.05) is 19.6 Å². The van der Waals surface area contributed by atoms with Gasteiger partial charge in [-0.3, -0.25) is 0 Å². The van der Waals surface area contributed by atoms with Crippen molar-refractivity contribution >= 4 is 0 Å². The molecule has 1 rings (SSSR count). The fourth-order valence-corrected chi connectivity index (χ4v) is 2.48. The summed E-state index contributed by atoms with van der Waals surface area (Å²) < 4.78 is 5.43. The molecule has 1 aliphatic heterocycles. The van der Waals surface area contributed by atoms with E-state index in [2.05, 4.69) is 50.9 Å². The average Bonchev–Trinajstić information content (AvgIpc) is 2.61. The summed E-state index contributed by atoms with van der Waals surface area (Å²) in [6.45, 7) is 14.5. The Morgan fingerprint density at radius 3 is 2.52 bits per heavy atom. The van der Waals surface area contributed by atoms with Crippen LogP contribution in [0.15, 0.2) is 70.3 Å². The molecule has 0 fully saturated rings. The van der Waals surface area contributed by atoms with Crippen molar-refractivity contribution in [2.45, 2.75) is 41.0 Å². The smallest absolute Gasteiger partial charge is 0.100 e. The number of hydrogen-bond acceptors (Lipinski definition) is 2. The van der Waals surface area contributed by atoms with Crippen LogP contribution in [0, 0.1) is 0 Å². The lowest BCUT2D eigenvalue weighted by Crippen LogP contribution is -2.03. The highest BCUT2D eigenvalue weighted by atomic mass is 16.5. The van der Waals surface area contributed by atoms with Crippen molar-refractivity contribution in [1.29, 1.82) is 0 Å². The second-order valence-corrected chi connectivity index (χ2v) is 5.33. The highest BCUT2D eigenvalue weighted by Gasteiger charge is 2.13. The van der Waals surface area contributed by atoms with E-state index in [1.165, 1.54) is 11.1 Å². The molecule has 0 aliphatic carbocycles. The van der Waals surface area contributed by atoms with Gasteiger partial charge in [0, 0.05) is 17.5 Å². The summed E-state index contributed by atoms with van der Waals surface area (Å²) in [5.74, 6) is 0.884. The Bertz CT molecular complexity index is 568. The summed E-state index contributed by atoms with van der Waals surface area (Å²) in [5.41, 5.74) is 6.83. The monoisotopic (exact) mass is 285 g/mol. The maximum absolute atomic E-state index is 5.43. The van der Waals surface area contributed by atoms with E-state index in [0.717, 1.165) is 34.6 Å². The van der Waals surface area contributed by atoms with Crippen LogP contribution in [0.25, 0.3) is 0 Å². The van der Waals surface area contributed by atoms with Crippen molar-refractivity contribution in [3.63, 3.8) is 0 Å². The Morgan fingerprint density at radius 2 is 2.00 bits per heavy atom. The Hall–Kier alpha value is -1.96. The number of nitrogens with one attached hydrogen (secondary N) is 1. The Labute approximate surface area is 129 Å². The summed E-state index contributed by atoms with van der Waals surface area (Å²) in [5, 5.41) is 3.33. The van der Waals surface area contributed by atoms with E-state index < -0.39 is 0 Å². The zero-order valence-corrected chi connectivity index (χ0v) is 14.1. The van der Waals surface area contributed by atoms with E-state index >= 15 is 0 Å². The van der Waals surface area contributed by atoms with Crippen molar-refractivity contribution in [2.75, 3.05) is 7.11 Å². The molecule has 2 nitrogen and oxygen atoms in total. The molecule has 0 aromatic heterocycles. The molecule has 0 atom stereocenters. The molecule has 0 saturated heterocycles. The van der Waals surface area contributed by atoms with Gasteiger partial charge in [0.1, 0.15) is 5.76 Å². The highest BCUT2D eigenvalue weighted by molar-refractivity contribution is 5.58. The summed E-state index contributed by atoms with van der Waals surface area (Å²) in [6, 6.07) is 0. The normalized spacial score (nSPS) is 16.9. The minimum atomic E-state index is 0.884. The quantitative estimate of drug-likeness (QED) is 0.556. The zero-order valence-electron chi connectivity index (χ0n) is 14.1. The molecular weight excluding hydrogens is 258 g/mol.